The largest absolute Gasteiger partial charge is 0.296 e. The van der Waals surface area contributed by atoms with Crippen LogP contribution in [0.3, 0.4) is 0 Å². The van der Waals surface area contributed by atoms with Gasteiger partial charge < -0.3 is 0 Å². The third kappa shape index (κ3) is 3.02. The molecule has 1 aromatic heterocycles. The molecule has 1 aliphatic heterocycles. The van der Waals surface area contributed by atoms with E-state index >= 15 is 0 Å². The summed E-state index contributed by atoms with van der Waals surface area (Å²) in [7, 11) is 0. The molecule has 1 fully saturated rings. The number of hydrogen-bond donors (Lipinski definition) is 2. The highest BCUT2D eigenvalue weighted by atomic mass is 32.1. The Morgan fingerprint density at radius 2 is 2.05 bits per heavy atom. The van der Waals surface area contributed by atoms with E-state index in [2.05, 4.69) is 41.0 Å². The van der Waals surface area contributed by atoms with E-state index in [1.165, 1.54) is 31.5 Å². The van der Waals surface area contributed by atoms with Gasteiger partial charge in [-0.25, -0.2) is 0 Å². The summed E-state index contributed by atoms with van der Waals surface area (Å²) in [6, 6.07) is 2.55. The Morgan fingerprint density at radius 3 is 2.53 bits per heavy atom. The summed E-state index contributed by atoms with van der Waals surface area (Å²) < 4.78 is 0. The van der Waals surface area contributed by atoms with Gasteiger partial charge in [0, 0.05) is 11.6 Å². The Balaban J connectivity index is 2.18. The number of thiophene rings is 1. The predicted molar refractivity (Wildman–Crippen MR) is 83.3 cm³/mol. The summed E-state index contributed by atoms with van der Waals surface area (Å²) >= 11 is 1.77. The van der Waals surface area contributed by atoms with Crippen molar-refractivity contribution in [2.24, 2.45) is 5.84 Å². The van der Waals surface area contributed by atoms with Gasteiger partial charge in [-0.3, -0.25) is 16.2 Å². The Hall–Kier alpha value is -0.420. The molecule has 0 amide bonds. The monoisotopic (exact) mass is 281 g/mol. The van der Waals surface area contributed by atoms with Gasteiger partial charge in [0.2, 0.25) is 0 Å². The zero-order chi connectivity index (χ0) is 13.7. The minimum absolute atomic E-state index is 0.202. The second-order valence-corrected chi connectivity index (χ2v) is 6.34. The van der Waals surface area contributed by atoms with Crippen LogP contribution in [0.1, 0.15) is 45.1 Å². The fourth-order valence-corrected chi connectivity index (χ4v) is 4.30. The molecule has 19 heavy (non-hydrogen) atoms. The third-order valence-corrected chi connectivity index (χ3v) is 5.56. The zero-order valence-electron chi connectivity index (χ0n) is 12.2. The van der Waals surface area contributed by atoms with Crippen LogP contribution in [0, 0.1) is 0 Å². The second-order valence-electron chi connectivity index (χ2n) is 5.56. The van der Waals surface area contributed by atoms with Crippen LogP contribution in [0.2, 0.25) is 0 Å². The molecule has 0 aromatic carbocycles. The van der Waals surface area contributed by atoms with E-state index in [0.717, 1.165) is 19.3 Å². The van der Waals surface area contributed by atoms with E-state index in [-0.39, 0.29) is 5.54 Å². The van der Waals surface area contributed by atoms with Crippen LogP contribution in [0.5, 0.6) is 0 Å². The van der Waals surface area contributed by atoms with E-state index in [9.17, 15) is 0 Å². The normalized spacial score (nSPS) is 18.9. The maximum atomic E-state index is 5.92. The average Bonchev–Trinajstić information content (AvgIpc) is 3.12. The summed E-state index contributed by atoms with van der Waals surface area (Å²) in [5, 5.41) is 4.39. The van der Waals surface area contributed by atoms with Crippen LogP contribution in [-0.2, 0) is 6.42 Å². The maximum Gasteiger partial charge on any atom is 0.0435 e. The number of nitrogens with one attached hydrogen (secondary N) is 1. The molecule has 1 atom stereocenters. The molecule has 1 aliphatic rings. The lowest BCUT2D eigenvalue weighted by Crippen LogP contribution is -2.62. The number of hydrogen-bond acceptors (Lipinski definition) is 4. The Labute approximate surface area is 121 Å². The fraction of sp³-hybridized carbons (Fsp3) is 0.733. The molecule has 1 saturated heterocycles. The fourth-order valence-electron chi connectivity index (χ4n) is 3.62. The molecule has 3 N–H and O–H groups in total. The molecule has 3 nitrogen and oxygen atoms in total. The number of rotatable bonds is 7. The summed E-state index contributed by atoms with van der Waals surface area (Å²) in [4.78, 5) is 2.67. The smallest absolute Gasteiger partial charge is 0.0435 e. The number of hydrazine groups is 1. The van der Waals surface area contributed by atoms with Gasteiger partial charge in [-0.15, -0.1) is 0 Å². The number of nitrogens with two attached hydrogens (primary N) is 1. The first kappa shape index (κ1) is 15.0. The van der Waals surface area contributed by atoms with Gasteiger partial charge in [0.15, 0.2) is 0 Å². The minimum Gasteiger partial charge on any atom is -0.296 e. The van der Waals surface area contributed by atoms with Gasteiger partial charge in [0.05, 0.1) is 0 Å². The lowest BCUT2D eigenvalue weighted by atomic mass is 9.80. The van der Waals surface area contributed by atoms with Crippen molar-refractivity contribution in [3.63, 3.8) is 0 Å². The van der Waals surface area contributed by atoms with E-state index in [0.29, 0.717) is 6.04 Å². The van der Waals surface area contributed by atoms with Crippen molar-refractivity contribution in [1.82, 2.24) is 10.3 Å². The summed E-state index contributed by atoms with van der Waals surface area (Å²) in [5.74, 6) is 5.92. The van der Waals surface area contributed by atoms with Crippen molar-refractivity contribution in [3.8, 4) is 0 Å². The summed E-state index contributed by atoms with van der Waals surface area (Å²) in [6.45, 7) is 7.06. The highest BCUT2D eigenvalue weighted by molar-refractivity contribution is 7.07. The topological polar surface area (TPSA) is 41.3 Å². The zero-order valence-corrected chi connectivity index (χ0v) is 13.0. The highest BCUT2D eigenvalue weighted by Gasteiger charge is 2.41. The van der Waals surface area contributed by atoms with Crippen molar-refractivity contribution in [3.05, 3.63) is 22.4 Å². The van der Waals surface area contributed by atoms with Crippen LogP contribution >= 0.6 is 11.3 Å². The molecule has 2 heterocycles. The first-order valence-corrected chi connectivity index (χ1v) is 8.43. The second kappa shape index (κ2) is 6.84. The van der Waals surface area contributed by atoms with Crippen LogP contribution < -0.4 is 11.3 Å². The van der Waals surface area contributed by atoms with Gasteiger partial charge in [-0.2, -0.15) is 11.3 Å². The molecule has 0 spiro atoms. The van der Waals surface area contributed by atoms with E-state index in [1.807, 2.05) is 0 Å². The summed E-state index contributed by atoms with van der Waals surface area (Å²) in [6.07, 6.45) is 6.00. The van der Waals surface area contributed by atoms with E-state index in [4.69, 9.17) is 5.84 Å². The van der Waals surface area contributed by atoms with Crippen LogP contribution in [0.4, 0.5) is 0 Å². The molecule has 4 heteroatoms. The average molecular weight is 281 g/mol. The van der Waals surface area contributed by atoms with Gasteiger partial charge in [-0.05, 0) is 67.6 Å². The quantitative estimate of drug-likeness (QED) is 0.596. The third-order valence-electron chi connectivity index (χ3n) is 4.83. The van der Waals surface area contributed by atoms with Gasteiger partial charge in [-0.1, -0.05) is 13.8 Å². The molecule has 2 rings (SSSR count). The number of nitrogens with zero attached hydrogens (tertiary/aromatic N) is 1. The lowest BCUT2D eigenvalue weighted by Gasteiger charge is -2.46. The lowest BCUT2D eigenvalue weighted by molar-refractivity contribution is 0.0621. The van der Waals surface area contributed by atoms with Crippen LogP contribution in [-0.4, -0.2) is 29.6 Å². The van der Waals surface area contributed by atoms with Crippen molar-refractivity contribution in [2.45, 2.75) is 57.5 Å². The molecule has 1 unspecified atom stereocenters. The molecule has 108 valence electrons. The molecule has 0 radical (unpaired) electrons. The predicted octanol–water partition coefficient (Wildman–Crippen LogP) is 2.78. The minimum atomic E-state index is 0.202. The van der Waals surface area contributed by atoms with Crippen molar-refractivity contribution < 1.29 is 0 Å². The van der Waals surface area contributed by atoms with E-state index in [1.54, 1.807) is 11.3 Å². The first-order chi connectivity index (χ1) is 9.26. The standard InChI is InChI=1S/C15H27N3S/c1-3-15(4-2,18-8-5-6-9-18)14(17-16)11-13-7-10-19-12-13/h7,10,12,14,17H,3-6,8-9,11,16H2,1-2H3. The highest BCUT2D eigenvalue weighted by Crippen LogP contribution is 2.33. The molecular formula is C15H27N3S. The van der Waals surface area contributed by atoms with Crippen LogP contribution in [0.25, 0.3) is 0 Å². The molecule has 0 bridgehead atoms. The van der Waals surface area contributed by atoms with Crippen molar-refractivity contribution in [2.75, 3.05) is 13.1 Å². The molecule has 0 aliphatic carbocycles. The molecule has 0 saturated carbocycles. The van der Waals surface area contributed by atoms with Gasteiger partial charge in [0.1, 0.15) is 0 Å². The Morgan fingerprint density at radius 1 is 1.37 bits per heavy atom. The van der Waals surface area contributed by atoms with Crippen molar-refractivity contribution in [1.29, 1.82) is 0 Å². The SMILES string of the molecule is CCC(CC)(C(Cc1ccsc1)NN)N1CCCC1. The Bertz CT molecular complexity index is 353. The maximum absolute atomic E-state index is 5.92. The van der Waals surface area contributed by atoms with Gasteiger partial charge in [0.25, 0.3) is 0 Å². The Kier molecular flexibility index (Phi) is 5.39. The van der Waals surface area contributed by atoms with E-state index < -0.39 is 0 Å². The molecular weight excluding hydrogens is 254 g/mol. The number of likely N-dealkylation sites (tertiary alicyclic amines) is 1. The van der Waals surface area contributed by atoms with Gasteiger partial charge >= 0.3 is 0 Å². The van der Waals surface area contributed by atoms with Crippen LogP contribution in [0.15, 0.2) is 16.8 Å². The molecule has 1 aromatic rings. The first-order valence-electron chi connectivity index (χ1n) is 7.49. The van der Waals surface area contributed by atoms with Crippen molar-refractivity contribution >= 4 is 11.3 Å². The summed E-state index contributed by atoms with van der Waals surface area (Å²) in [5.41, 5.74) is 4.73.